The van der Waals surface area contributed by atoms with Gasteiger partial charge in [-0.1, -0.05) is 13.3 Å². The Labute approximate surface area is 81.0 Å². The Morgan fingerprint density at radius 3 is 3.08 bits per heavy atom. The summed E-state index contributed by atoms with van der Waals surface area (Å²) in [5, 5.41) is 3.36. The van der Waals surface area contributed by atoms with Crippen LogP contribution in [0.25, 0.3) is 0 Å². The summed E-state index contributed by atoms with van der Waals surface area (Å²) in [6.07, 6.45) is 5.14. The van der Waals surface area contributed by atoms with E-state index in [4.69, 9.17) is 10.5 Å². The third kappa shape index (κ3) is 4.60. The summed E-state index contributed by atoms with van der Waals surface area (Å²) < 4.78 is 5.49. The number of nitrogens with two attached hydrogens (primary N) is 1. The summed E-state index contributed by atoms with van der Waals surface area (Å²) in [7, 11) is 0. The van der Waals surface area contributed by atoms with Crippen molar-refractivity contribution in [1.29, 1.82) is 0 Å². The summed E-state index contributed by atoms with van der Waals surface area (Å²) in [5.74, 6) is 0. The van der Waals surface area contributed by atoms with Crippen molar-refractivity contribution in [1.82, 2.24) is 5.32 Å². The van der Waals surface area contributed by atoms with E-state index in [1.807, 2.05) is 0 Å². The van der Waals surface area contributed by atoms with Gasteiger partial charge >= 0.3 is 0 Å². The monoisotopic (exact) mass is 186 g/mol. The van der Waals surface area contributed by atoms with Crippen molar-refractivity contribution in [2.75, 3.05) is 19.7 Å². The highest BCUT2D eigenvalue weighted by Crippen LogP contribution is 2.10. The lowest BCUT2D eigenvalue weighted by Gasteiger charge is -2.14. The minimum atomic E-state index is 0.311. The summed E-state index contributed by atoms with van der Waals surface area (Å²) in [4.78, 5) is 0. The maximum Gasteiger partial charge on any atom is 0.0700 e. The number of rotatable bonds is 6. The van der Waals surface area contributed by atoms with Gasteiger partial charge in [-0.2, -0.15) is 0 Å². The molecule has 2 atom stereocenters. The average Bonchev–Trinajstić information content (AvgIpc) is 2.57. The molecule has 1 aliphatic heterocycles. The van der Waals surface area contributed by atoms with Gasteiger partial charge in [0.25, 0.3) is 0 Å². The second kappa shape index (κ2) is 6.35. The van der Waals surface area contributed by atoms with E-state index in [1.165, 1.54) is 19.3 Å². The Bertz CT molecular complexity index is 124. The Morgan fingerprint density at radius 1 is 1.62 bits per heavy atom. The third-order valence-electron chi connectivity index (χ3n) is 2.46. The van der Waals surface area contributed by atoms with Gasteiger partial charge in [-0.25, -0.2) is 0 Å². The molecule has 1 aliphatic rings. The lowest BCUT2D eigenvalue weighted by molar-refractivity contribution is 0.110. The molecule has 1 heterocycles. The molecule has 0 aromatic carbocycles. The molecule has 3 nitrogen and oxygen atoms in total. The van der Waals surface area contributed by atoms with Crippen LogP contribution in [0.15, 0.2) is 0 Å². The first kappa shape index (κ1) is 11.0. The van der Waals surface area contributed by atoms with E-state index in [0.717, 1.165) is 26.1 Å². The average molecular weight is 186 g/mol. The molecule has 2 unspecified atom stereocenters. The van der Waals surface area contributed by atoms with E-state index in [0.29, 0.717) is 12.1 Å². The highest BCUT2D eigenvalue weighted by Gasteiger charge is 2.14. The largest absolute Gasteiger partial charge is 0.377 e. The van der Waals surface area contributed by atoms with Crippen LogP contribution in [-0.4, -0.2) is 31.8 Å². The molecule has 1 saturated heterocycles. The highest BCUT2D eigenvalue weighted by atomic mass is 16.5. The zero-order valence-electron chi connectivity index (χ0n) is 8.59. The van der Waals surface area contributed by atoms with Crippen LogP contribution in [0, 0.1) is 0 Å². The number of nitrogens with one attached hydrogen (secondary N) is 1. The van der Waals surface area contributed by atoms with Crippen molar-refractivity contribution in [2.45, 2.75) is 44.8 Å². The molecule has 3 N–H and O–H groups in total. The van der Waals surface area contributed by atoms with E-state index in [-0.39, 0.29) is 0 Å². The quantitative estimate of drug-likeness (QED) is 0.647. The first-order chi connectivity index (χ1) is 6.33. The van der Waals surface area contributed by atoms with Gasteiger partial charge in [0.1, 0.15) is 0 Å². The van der Waals surface area contributed by atoms with Crippen molar-refractivity contribution in [2.24, 2.45) is 5.73 Å². The molecular formula is C10H22N2O. The molecule has 3 heteroatoms. The molecule has 0 spiro atoms. The van der Waals surface area contributed by atoms with E-state index in [2.05, 4.69) is 12.2 Å². The first-order valence-electron chi connectivity index (χ1n) is 5.40. The van der Waals surface area contributed by atoms with E-state index >= 15 is 0 Å². The van der Waals surface area contributed by atoms with Crippen LogP contribution in [0.5, 0.6) is 0 Å². The SMILES string of the molecule is CCCC(N)CNCC1CCCO1. The predicted molar refractivity (Wildman–Crippen MR) is 54.7 cm³/mol. The maximum atomic E-state index is 5.87. The van der Waals surface area contributed by atoms with Gasteiger partial charge in [0.15, 0.2) is 0 Å². The molecule has 78 valence electrons. The normalized spacial score (nSPS) is 24.9. The van der Waals surface area contributed by atoms with Crippen molar-refractivity contribution in [3.05, 3.63) is 0 Å². The van der Waals surface area contributed by atoms with Crippen molar-refractivity contribution < 1.29 is 4.74 Å². The smallest absolute Gasteiger partial charge is 0.0700 e. The first-order valence-corrected chi connectivity index (χ1v) is 5.40. The van der Waals surface area contributed by atoms with Gasteiger partial charge in [-0.3, -0.25) is 0 Å². The van der Waals surface area contributed by atoms with Gasteiger partial charge in [-0.05, 0) is 19.3 Å². The van der Waals surface area contributed by atoms with Gasteiger partial charge in [0, 0.05) is 25.7 Å². The number of ether oxygens (including phenoxy) is 1. The second-order valence-electron chi connectivity index (χ2n) is 3.84. The standard InChI is InChI=1S/C10H22N2O/c1-2-4-9(11)7-12-8-10-5-3-6-13-10/h9-10,12H,2-8,11H2,1H3. The van der Waals surface area contributed by atoms with Crippen molar-refractivity contribution >= 4 is 0 Å². The van der Waals surface area contributed by atoms with Crippen LogP contribution in [0.1, 0.15) is 32.6 Å². The fourth-order valence-corrected chi connectivity index (χ4v) is 1.71. The van der Waals surface area contributed by atoms with Crippen LogP contribution in [0.4, 0.5) is 0 Å². The van der Waals surface area contributed by atoms with Crippen LogP contribution < -0.4 is 11.1 Å². The zero-order chi connectivity index (χ0) is 9.52. The van der Waals surface area contributed by atoms with E-state index in [9.17, 15) is 0 Å². The van der Waals surface area contributed by atoms with Crippen LogP contribution >= 0.6 is 0 Å². The van der Waals surface area contributed by atoms with Gasteiger partial charge in [0.05, 0.1) is 6.10 Å². The maximum absolute atomic E-state index is 5.87. The van der Waals surface area contributed by atoms with E-state index in [1.54, 1.807) is 0 Å². The second-order valence-corrected chi connectivity index (χ2v) is 3.84. The molecule has 0 aromatic heterocycles. The Balaban J connectivity index is 1.93. The fourth-order valence-electron chi connectivity index (χ4n) is 1.71. The molecule has 13 heavy (non-hydrogen) atoms. The molecule has 1 rings (SSSR count). The summed E-state index contributed by atoms with van der Waals surface area (Å²) in [5.41, 5.74) is 5.87. The van der Waals surface area contributed by atoms with Crippen LogP contribution in [0.3, 0.4) is 0 Å². The molecule has 1 fully saturated rings. The Kier molecular flexibility index (Phi) is 5.35. The molecule has 0 aliphatic carbocycles. The van der Waals surface area contributed by atoms with Crippen LogP contribution in [0.2, 0.25) is 0 Å². The lowest BCUT2D eigenvalue weighted by atomic mass is 10.2. The lowest BCUT2D eigenvalue weighted by Crippen LogP contribution is -2.37. The van der Waals surface area contributed by atoms with Crippen molar-refractivity contribution in [3.63, 3.8) is 0 Å². The predicted octanol–water partition coefficient (Wildman–Crippen LogP) is 0.882. The summed E-state index contributed by atoms with van der Waals surface area (Å²) in [6.45, 7) is 5.00. The molecule has 0 amide bonds. The summed E-state index contributed by atoms with van der Waals surface area (Å²) in [6, 6.07) is 0.311. The minimum Gasteiger partial charge on any atom is -0.377 e. The number of hydrogen-bond donors (Lipinski definition) is 2. The highest BCUT2D eigenvalue weighted by molar-refractivity contribution is 4.70. The fraction of sp³-hybridized carbons (Fsp3) is 1.00. The van der Waals surface area contributed by atoms with Gasteiger partial charge in [0.2, 0.25) is 0 Å². The molecule has 0 bridgehead atoms. The molecular weight excluding hydrogens is 164 g/mol. The Morgan fingerprint density at radius 2 is 2.46 bits per heavy atom. The molecule has 0 aromatic rings. The van der Waals surface area contributed by atoms with Gasteiger partial charge in [-0.15, -0.1) is 0 Å². The van der Waals surface area contributed by atoms with Gasteiger partial charge < -0.3 is 15.8 Å². The minimum absolute atomic E-state index is 0.311. The topological polar surface area (TPSA) is 47.3 Å². The van der Waals surface area contributed by atoms with Crippen LogP contribution in [-0.2, 0) is 4.74 Å². The molecule has 0 saturated carbocycles. The molecule has 0 radical (unpaired) electrons. The van der Waals surface area contributed by atoms with E-state index < -0.39 is 0 Å². The van der Waals surface area contributed by atoms with Crippen molar-refractivity contribution in [3.8, 4) is 0 Å². The summed E-state index contributed by atoms with van der Waals surface area (Å²) >= 11 is 0. The third-order valence-corrected chi connectivity index (χ3v) is 2.46. The Hall–Kier alpha value is -0.120. The zero-order valence-corrected chi connectivity index (χ0v) is 8.59. The number of hydrogen-bond acceptors (Lipinski definition) is 3.